The molecule has 1 aliphatic rings. The van der Waals surface area contributed by atoms with Gasteiger partial charge < -0.3 is 20.3 Å². The van der Waals surface area contributed by atoms with Gasteiger partial charge in [0.25, 0.3) is 0 Å². The van der Waals surface area contributed by atoms with Gasteiger partial charge >= 0.3 is 0 Å². The fourth-order valence-corrected chi connectivity index (χ4v) is 2.83. The highest BCUT2D eigenvalue weighted by atomic mass is 16.6. The number of tetrazole rings is 1. The first-order chi connectivity index (χ1) is 13.0. The predicted octanol–water partition coefficient (Wildman–Crippen LogP) is -0.675. The zero-order chi connectivity index (χ0) is 19.1. The van der Waals surface area contributed by atoms with E-state index in [1.807, 2.05) is 0 Å². The highest BCUT2D eigenvalue weighted by Crippen LogP contribution is 2.39. The number of aryl methyl sites for hydroxylation is 1. The van der Waals surface area contributed by atoms with Crippen LogP contribution < -0.4 is 5.32 Å². The predicted molar refractivity (Wildman–Crippen MR) is 87.4 cm³/mol. The molecular formula is C12H14N12O3. The quantitative estimate of drug-likeness (QED) is 0.299. The molecule has 1 fully saturated rings. The van der Waals surface area contributed by atoms with Crippen molar-refractivity contribution in [2.45, 2.75) is 24.5 Å². The molecule has 0 bridgehead atoms. The van der Waals surface area contributed by atoms with Gasteiger partial charge in [-0.25, -0.2) is 9.97 Å². The van der Waals surface area contributed by atoms with E-state index in [9.17, 15) is 10.2 Å². The van der Waals surface area contributed by atoms with Crippen molar-refractivity contribution in [3.05, 3.63) is 22.6 Å². The van der Waals surface area contributed by atoms with E-state index in [1.54, 1.807) is 14.1 Å². The summed E-state index contributed by atoms with van der Waals surface area (Å²) in [4.78, 5) is 16.4. The van der Waals surface area contributed by atoms with Gasteiger partial charge in [-0.05, 0) is 15.9 Å². The van der Waals surface area contributed by atoms with Crippen molar-refractivity contribution in [3.8, 4) is 0 Å². The van der Waals surface area contributed by atoms with Gasteiger partial charge in [0.1, 0.15) is 17.7 Å². The molecule has 140 valence electrons. The average Bonchev–Trinajstić information content (AvgIpc) is 3.34. The monoisotopic (exact) mass is 374 g/mol. The Morgan fingerprint density at radius 2 is 2.15 bits per heavy atom. The number of rotatable bonds is 4. The first-order valence-corrected chi connectivity index (χ1v) is 7.76. The molecular weight excluding hydrogens is 360 g/mol. The molecule has 4 rings (SSSR count). The summed E-state index contributed by atoms with van der Waals surface area (Å²) in [5.41, 5.74) is 9.20. The van der Waals surface area contributed by atoms with Gasteiger partial charge in [0.2, 0.25) is 11.8 Å². The third kappa shape index (κ3) is 2.70. The maximum Gasteiger partial charge on any atom is 0.224 e. The maximum atomic E-state index is 10.5. The van der Waals surface area contributed by atoms with Gasteiger partial charge in [-0.3, -0.25) is 4.57 Å². The molecule has 0 aromatic carbocycles. The molecule has 1 aliphatic heterocycles. The minimum Gasteiger partial charge on any atom is -0.387 e. The number of anilines is 1. The Labute approximate surface area is 150 Å². The van der Waals surface area contributed by atoms with Crippen LogP contribution in [-0.2, 0) is 11.8 Å². The minimum atomic E-state index is -1.31. The lowest BCUT2D eigenvalue weighted by atomic mass is 10.1. The Morgan fingerprint density at radius 1 is 1.33 bits per heavy atom. The molecule has 0 amide bonds. The molecule has 15 heteroatoms. The number of hydrogen-bond acceptors (Lipinski definition) is 11. The van der Waals surface area contributed by atoms with Crippen LogP contribution in [0, 0.1) is 0 Å². The van der Waals surface area contributed by atoms with Crippen molar-refractivity contribution >= 4 is 22.9 Å². The first kappa shape index (κ1) is 17.0. The van der Waals surface area contributed by atoms with Crippen LogP contribution in [0.2, 0.25) is 0 Å². The Balaban J connectivity index is 1.78. The molecule has 0 saturated carbocycles. The number of nitrogens with zero attached hydrogens (tertiary/aromatic N) is 11. The number of nitrogens with one attached hydrogen (secondary N) is 1. The average molecular weight is 374 g/mol. The largest absolute Gasteiger partial charge is 0.387 e. The Morgan fingerprint density at radius 3 is 2.81 bits per heavy atom. The molecule has 3 aromatic rings. The summed E-state index contributed by atoms with van der Waals surface area (Å²) in [6, 6.07) is 0. The number of ether oxygens (including phenoxy) is 1. The second-order valence-corrected chi connectivity index (χ2v) is 5.70. The fraction of sp³-hybridized carbons (Fsp3) is 0.500. The lowest BCUT2D eigenvalue weighted by Gasteiger charge is -2.16. The molecule has 15 nitrogen and oxygen atoms in total. The second-order valence-electron chi connectivity index (χ2n) is 5.70. The summed E-state index contributed by atoms with van der Waals surface area (Å²) in [5.74, 6) is 0.342. The summed E-state index contributed by atoms with van der Waals surface area (Å²) in [6.45, 7) is 0. The van der Waals surface area contributed by atoms with E-state index in [1.165, 1.54) is 15.7 Å². The lowest BCUT2D eigenvalue weighted by Crippen LogP contribution is -2.29. The van der Waals surface area contributed by atoms with Crippen LogP contribution in [0.1, 0.15) is 18.2 Å². The number of imidazole rings is 1. The molecule has 4 heterocycles. The van der Waals surface area contributed by atoms with Crippen molar-refractivity contribution in [2.75, 3.05) is 12.4 Å². The standard InChI is InChI=1S/C12H14N12O3/c1-14-12-16-8(18-21-13)4-10(17-12)24(3-15-4)11-6(26)5(25)7(27-11)9-19-22-23(2)20-9/h3,5-7,11,25-26H,1-2H3,(H,14,16,17)/t5?,6?,7-,11?/m0/s1. The van der Waals surface area contributed by atoms with Crippen LogP contribution >= 0.6 is 0 Å². The van der Waals surface area contributed by atoms with Gasteiger partial charge in [-0.1, -0.05) is 0 Å². The molecule has 4 atom stereocenters. The van der Waals surface area contributed by atoms with E-state index < -0.39 is 24.5 Å². The lowest BCUT2D eigenvalue weighted by molar-refractivity contribution is -0.0384. The Bertz CT molecular complexity index is 1040. The number of hydrogen-bond donors (Lipinski definition) is 3. The summed E-state index contributed by atoms with van der Waals surface area (Å²) >= 11 is 0. The van der Waals surface area contributed by atoms with Crippen LogP contribution in [0.4, 0.5) is 11.8 Å². The number of aliphatic hydroxyl groups is 2. The highest BCUT2D eigenvalue weighted by Gasteiger charge is 2.47. The highest BCUT2D eigenvalue weighted by molar-refractivity contribution is 5.82. The molecule has 1 saturated heterocycles. The summed E-state index contributed by atoms with van der Waals surface area (Å²) in [6.07, 6.45) is -3.27. The first-order valence-electron chi connectivity index (χ1n) is 7.76. The van der Waals surface area contributed by atoms with E-state index >= 15 is 0 Å². The van der Waals surface area contributed by atoms with Crippen molar-refractivity contribution in [2.24, 2.45) is 12.2 Å². The smallest absolute Gasteiger partial charge is 0.224 e. The topological polar surface area (TPSA) is 198 Å². The van der Waals surface area contributed by atoms with E-state index in [0.717, 1.165) is 0 Å². The number of aliphatic hydroxyl groups excluding tert-OH is 2. The number of fused-ring (bicyclic) bond motifs is 1. The minimum absolute atomic E-state index is 0.0192. The third-order valence-electron chi connectivity index (χ3n) is 4.06. The normalized spacial score (nSPS) is 24.9. The number of azide groups is 1. The number of aromatic nitrogens is 8. The third-order valence-corrected chi connectivity index (χ3v) is 4.06. The molecule has 3 N–H and O–H groups in total. The Kier molecular flexibility index (Phi) is 4.04. The van der Waals surface area contributed by atoms with Crippen LogP contribution in [0.25, 0.3) is 21.6 Å². The van der Waals surface area contributed by atoms with Gasteiger partial charge in [-0.2, -0.15) is 9.78 Å². The van der Waals surface area contributed by atoms with Crippen molar-refractivity contribution in [1.29, 1.82) is 0 Å². The van der Waals surface area contributed by atoms with Gasteiger partial charge in [0.05, 0.1) is 13.4 Å². The van der Waals surface area contributed by atoms with E-state index in [4.69, 9.17) is 10.3 Å². The summed E-state index contributed by atoms with van der Waals surface area (Å²) < 4.78 is 7.19. The van der Waals surface area contributed by atoms with E-state index in [2.05, 4.69) is 45.7 Å². The molecule has 0 spiro atoms. The maximum absolute atomic E-state index is 10.5. The van der Waals surface area contributed by atoms with Crippen LogP contribution in [0.15, 0.2) is 11.4 Å². The van der Waals surface area contributed by atoms with Crippen LogP contribution in [0.3, 0.4) is 0 Å². The Hall–Kier alpha value is -3.39. The summed E-state index contributed by atoms with van der Waals surface area (Å²) in [7, 11) is 3.17. The van der Waals surface area contributed by atoms with Crippen LogP contribution in [-0.4, -0.2) is 69.2 Å². The SMILES string of the molecule is CNc1nc(N=[N+]=[N-])c2ncn(C3O[C@H](c4nnn(C)n4)C(O)C3O)c2n1. The zero-order valence-corrected chi connectivity index (χ0v) is 14.1. The van der Waals surface area contributed by atoms with Crippen molar-refractivity contribution < 1.29 is 14.9 Å². The second kappa shape index (κ2) is 6.40. The molecule has 3 unspecified atom stereocenters. The van der Waals surface area contributed by atoms with Crippen LogP contribution in [0.5, 0.6) is 0 Å². The van der Waals surface area contributed by atoms with E-state index in [-0.39, 0.29) is 28.8 Å². The van der Waals surface area contributed by atoms with Crippen molar-refractivity contribution in [1.82, 2.24) is 39.7 Å². The van der Waals surface area contributed by atoms with Gasteiger partial charge in [0.15, 0.2) is 23.8 Å². The summed E-state index contributed by atoms with van der Waals surface area (Å²) in [5, 5.41) is 38.6. The van der Waals surface area contributed by atoms with E-state index in [0.29, 0.717) is 0 Å². The molecule has 0 aliphatic carbocycles. The van der Waals surface area contributed by atoms with Crippen molar-refractivity contribution in [3.63, 3.8) is 0 Å². The molecule has 0 radical (unpaired) electrons. The zero-order valence-electron chi connectivity index (χ0n) is 14.1. The van der Waals surface area contributed by atoms with Gasteiger partial charge in [-0.15, -0.1) is 10.2 Å². The molecule has 3 aromatic heterocycles. The fourth-order valence-electron chi connectivity index (χ4n) is 2.83. The molecule has 27 heavy (non-hydrogen) atoms. The van der Waals surface area contributed by atoms with Gasteiger partial charge in [0, 0.05) is 12.0 Å².